The summed E-state index contributed by atoms with van der Waals surface area (Å²) in [4.78, 5) is 36.4. The monoisotopic (exact) mass is 427 g/mol. The minimum absolute atomic E-state index is 0.0112. The summed E-state index contributed by atoms with van der Waals surface area (Å²) in [6.07, 6.45) is 0.812. The predicted molar refractivity (Wildman–Crippen MR) is 108 cm³/mol. The van der Waals surface area contributed by atoms with E-state index in [1.54, 1.807) is 61.5 Å². The zero-order chi connectivity index (χ0) is 22.5. The van der Waals surface area contributed by atoms with Crippen LogP contribution in [0, 0.1) is 6.92 Å². The number of Topliss-reactive ketones (excluding diaryl/α,β-unsaturated/α-hetero) is 1. The molecule has 3 rings (SSSR count). The van der Waals surface area contributed by atoms with Gasteiger partial charge < -0.3 is 10.4 Å². The van der Waals surface area contributed by atoms with E-state index in [9.17, 15) is 23.2 Å². The SMILES string of the molecule is Cc1ccccc1-c1nn(C(F)F)cc1C(=O)NC(Cc1ccccc1)C(=O)C(=O)O. The van der Waals surface area contributed by atoms with Crippen molar-refractivity contribution >= 4 is 17.7 Å². The Morgan fingerprint density at radius 3 is 2.32 bits per heavy atom. The number of halogens is 2. The third kappa shape index (κ3) is 5.00. The van der Waals surface area contributed by atoms with Crippen molar-refractivity contribution in [2.24, 2.45) is 0 Å². The Kier molecular flexibility index (Phi) is 6.54. The molecule has 2 N–H and O–H groups in total. The number of nitrogens with one attached hydrogen (secondary N) is 1. The number of carbonyl (C=O) groups is 3. The van der Waals surface area contributed by atoms with Crippen LogP contribution in [0.25, 0.3) is 11.3 Å². The first kappa shape index (κ1) is 21.8. The van der Waals surface area contributed by atoms with Crippen molar-refractivity contribution in [2.45, 2.75) is 25.9 Å². The minimum atomic E-state index is -2.98. The highest BCUT2D eigenvalue weighted by atomic mass is 19.3. The summed E-state index contributed by atoms with van der Waals surface area (Å²) >= 11 is 0. The van der Waals surface area contributed by atoms with Crippen LogP contribution in [0.4, 0.5) is 8.78 Å². The summed E-state index contributed by atoms with van der Waals surface area (Å²) < 4.78 is 26.9. The molecule has 0 radical (unpaired) electrons. The molecular formula is C22H19F2N3O4. The molecule has 0 aliphatic carbocycles. The number of aryl methyl sites for hydroxylation is 1. The van der Waals surface area contributed by atoms with Crippen molar-refractivity contribution in [1.29, 1.82) is 0 Å². The molecule has 0 bridgehead atoms. The van der Waals surface area contributed by atoms with Gasteiger partial charge in [0.15, 0.2) is 0 Å². The maximum Gasteiger partial charge on any atom is 0.374 e. The number of ketones is 1. The Morgan fingerprint density at radius 2 is 1.71 bits per heavy atom. The number of carbonyl (C=O) groups excluding carboxylic acids is 2. The van der Waals surface area contributed by atoms with Gasteiger partial charge in [0.05, 0.1) is 5.56 Å². The Hall–Kier alpha value is -3.88. The first-order valence-electron chi connectivity index (χ1n) is 9.33. The van der Waals surface area contributed by atoms with Crippen LogP contribution in [0.3, 0.4) is 0 Å². The Balaban J connectivity index is 1.97. The average molecular weight is 427 g/mol. The molecule has 0 spiro atoms. The molecule has 0 aliphatic heterocycles. The number of alkyl halides is 2. The molecular weight excluding hydrogens is 408 g/mol. The number of hydrogen-bond acceptors (Lipinski definition) is 4. The maximum absolute atomic E-state index is 13.3. The normalized spacial score (nSPS) is 11.9. The molecule has 3 aromatic rings. The number of aliphatic carboxylic acids is 1. The highest BCUT2D eigenvalue weighted by molar-refractivity contribution is 6.35. The van der Waals surface area contributed by atoms with Gasteiger partial charge in [0.1, 0.15) is 11.7 Å². The van der Waals surface area contributed by atoms with Gasteiger partial charge in [0, 0.05) is 18.2 Å². The number of amides is 1. The van der Waals surface area contributed by atoms with Gasteiger partial charge in [-0.05, 0) is 18.1 Å². The number of hydrogen-bond donors (Lipinski definition) is 2. The standard InChI is InChI=1S/C22H19F2N3O4/c1-13-7-5-6-10-15(13)18-16(12-27(26-18)22(23)24)20(29)25-17(19(28)21(30)31)11-14-8-3-2-4-9-14/h2-10,12,17,22H,11H2,1H3,(H,25,29)(H,30,31). The number of rotatable bonds is 8. The van der Waals surface area contributed by atoms with Crippen LogP contribution in [0.2, 0.25) is 0 Å². The largest absolute Gasteiger partial charge is 0.475 e. The van der Waals surface area contributed by atoms with Crippen LogP contribution >= 0.6 is 0 Å². The molecule has 0 aliphatic rings. The van der Waals surface area contributed by atoms with Crippen LogP contribution < -0.4 is 5.32 Å². The van der Waals surface area contributed by atoms with Crippen LogP contribution in [-0.2, 0) is 16.0 Å². The topological polar surface area (TPSA) is 101 Å². The second kappa shape index (κ2) is 9.29. The van der Waals surface area contributed by atoms with Gasteiger partial charge in [-0.25, -0.2) is 9.48 Å². The molecule has 1 unspecified atom stereocenters. The molecule has 1 amide bonds. The molecule has 9 heteroatoms. The van der Waals surface area contributed by atoms with Crippen LogP contribution in [-0.4, -0.2) is 38.6 Å². The van der Waals surface area contributed by atoms with Crippen molar-refractivity contribution < 1.29 is 28.3 Å². The van der Waals surface area contributed by atoms with Crippen LogP contribution in [0.15, 0.2) is 60.8 Å². The second-order valence-electron chi connectivity index (χ2n) is 6.85. The number of carboxylic acid groups (broad SMARTS) is 1. The smallest absolute Gasteiger partial charge is 0.374 e. The highest BCUT2D eigenvalue weighted by Crippen LogP contribution is 2.27. The minimum Gasteiger partial charge on any atom is -0.475 e. The summed E-state index contributed by atoms with van der Waals surface area (Å²) in [6, 6.07) is 14.0. The van der Waals surface area contributed by atoms with E-state index in [0.717, 1.165) is 6.20 Å². The highest BCUT2D eigenvalue weighted by Gasteiger charge is 2.29. The van der Waals surface area contributed by atoms with Gasteiger partial charge in [-0.3, -0.25) is 9.59 Å². The summed E-state index contributed by atoms with van der Waals surface area (Å²) in [5.74, 6) is -3.79. The lowest BCUT2D eigenvalue weighted by molar-refractivity contribution is -0.149. The van der Waals surface area contributed by atoms with Gasteiger partial charge >= 0.3 is 12.5 Å². The molecule has 160 valence electrons. The Labute approximate surface area is 176 Å². The first-order chi connectivity index (χ1) is 14.8. The lowest BCUT2D eigenvalue weighted by Gasteiger charge is -2.16. The average Bonchev–Trinajstić information content (AvgIpc) is 3.19. The fourth-order valence-electron chi connectivity index (χ4n) is 3.14. The van der Waals surface area contributed by atoms with Crippen LogP contribution in [0.5, 0.6) is 0 Å². The first-order valence-corrected chi connectivity index (χ1v) is 9.33. The number of carboxylic acids is 1. The van der Waals surface area contributed by atoms with Gasteiger partial charge in [0.25, 0.3) is 11.7 Å². The summed E-state index contributed by atoms with van der Waals surface area (Å²) in [6.45, 7) is -1.24. The van der Waals surface area contributed by atoms with Crippen molar-refractivity contribution in [3.63, 3.8) is 0 Å². The zero-order valence-corrected chi connectivity index (χ0v) is 16.5. The lowest BCUT2D eigenvalue weighted by Crippen LogP contribution is -2.45. The predicted octanol–water partition coefficient (Wildman–Crippen LogP) is 3.25. The summed E-state index contributed by atoms with van der Waals surface area (Å²) in [5, 5.41) is 15.4. The molecule has 7 nitrogen and oxygen atoms in total. The Morgan fingerprint density at radius 1 is 1.06 bits per heavy atom. The number of nitrogens with zero attached hydrogens (tertiary/aromatic N) is 2. The fraction of sp³-hybridized carbons (Fsp3) is 0.182. The number of benzene rings is 2. The molecule has 1 atom stereocenters. The molecule has 1 aromatic heterocycles. The van der Waals surface area contributed by atoms with Gasteiger partial charge in [-0.1, -0.05) is 54.6 Å². The summed E-state index contributed by atoms with van der Waals surface area (Å²) in [7, 11) is 0. The van der Waals surface area contributed by atoms with E-state index in [0.29, 0.717) is 21.4 Å². The van der Waals surface area contributed by atoms with Gasteiger partial charge in [-0.15, -0.1) is 0 Å². The summed E-state index contributed by atoms with van der Waals surface area (Å²) in [5.41, 5.74) is 1.63. The fourth-order valence-corrected chi connectivity index (χ4v) is 3.14. The van der Waals surface area contributed by atoms with E-state index in [4.69, 9.17) is 5.11 Å². The maximum atomic E-state index is 13.3. The van der Waals surface area contributed by atoms with Crippen molar-refractivity contribution in [2.75, 3.05) is 0 Å². The van der Waals surface area contributed by atoms with Crippen molar-refractivity contribution in [3.8, 4) is 11.3 Å². The molecule has 0 saturated heterocycles. The molecule has 31 heavy (non-hydrogen) atoms. The van der Waals surface area contributed by atoms with Crippen molar-refractivity contribution in [3.05, 3.63) is 77.5 Å². The van der Waals surface area contributed by atoms with E-state index >= 15 is 0 Å². The molecule has 2 aromatic carbocycles. The molecule has 1 heterocycles. The van der Waals surface area contributed by atoms with E-state index in [-0.39, 0.29) is 17.7 Å². The second-order valence-corrected chi connectivity index (χ2v) is 6.85. The van der Waals surface area contributed by atoms with Gasteiger partial charge in [0.2, 0.25) is 0 Å². The molecule has 0 saturated carbocycles. The van der Waals surface area contributed by atoms with E-state index < -0.39 is 30.3 Å². The van der Waals surface area contributed by atoms with Crippen molar-refractivity contribution in [1.82, 2.24) is 15.1 Å². The van der Waals surface area contributed by atoms with Crippen LogP contribution in [0.1, 0.15) is 28.0 Å². The van der Waals surface area contributed by atoms with E-state index in [1.165, 1.54) is 0 Å². The lowest BCUT2D eigenvalue weighted by atomic mass is 10.00. The quantitative estimate of drug-likeness (QED) is 0.538. The van der Waals surface area contributed by atoms with E-state index in [1.807, 2.05) is 0 Å². The molecule has 0 fully saturated rings. The third-order valence-corrected chi connectivity index (χ3v) is 4.69. The number of aromatic nitrogens is 2. The van der Waals surface area contributed by atoms with Gasteiger partial charge in [-0.2, -0.15) is 13.9 Å². The third-order valence-electron chi connectivity index (χ3n) is 4.69. The zero-order valence-electron chi connectivity index (χ0n) is 16.5. The Bertz CT molecular complexity index is 1110. The van der Waals surface area contributed by atoms with E-state index in [2.05, 4.69) is 10.4 Å².